The molecule has 0 aromatic carbocycles. The van der Waals surface area contributed by atoms with Crippen LogP contribution in [0, 0.1) is 0 Å². The first-order valence-electron chi connectivity index (χ1n) is 8.45. The lowest BCUT2D eigenvalue weighted by Gasteiger charge is -2.45. The molecule has 1 heterocycles. The van der Waals surface area contributed by atoms with Crippen molar-refractivity contribution in [1.82, 2.24) is 15.1 Å². The van der Waals surface area contributed by atoms with Gasteiger partial charge in [-0.25, -0.2) is 0 Å². The number of hydrogen-bond acceptors (Lipinski definition) is 4. The second kappa shape index (κ2) is 7.07. The van der Waals surface area contributed by atoms with Crippen LogP contribution >= 0.6 is 0 Å². The summed E-state index contributed by atoms with van der Waals surface area (Å²) in [4.78, 5) is 17.0. The van der Waals surface area contributed by atoms with Crippen LogP contribution in [0.5, 0.6) is 0 Å². The fraction of sp³-hybridized carbons (Fsp3) is 0.938. The van der Waals surface area contributed by atoms with Crippen molar-refractivity contribution in [2.24, 2.45) is 5.73 Å². The normalized spacial score (nSPS) is 36.3. The maximum atomic E-state index is 11.9. The van der Waals surface area contributed by atoms with Crippen molar-refractivity contribution in [3.05, 3.63) is 0 Å². The minimum atomic E-state index is -0.501. The third-order valence-corrected chi connectivity index (χ3v) is 5.56. The van der Waals surface area contributed by atoms with Crippen molar-refractivity contribution in [3.8, 4) is 0 Å². The Hall–Kier alpha value is -0.650. The van der Waals surface area contributed by atoms with Crippen LogP contribution in [0.2, 0.25) is 0 Å². The first-order valence-corrected chi connectivity index (χ1v) is 8.45. The van der Waals surface area contributed by atoms with E-state index in [2.05, 4.69) is 29.1 Å². The number of nitrogens with one attached hydrogen (secondary N) is 1. The molecule has 0 radical (unpaired) electrons. The van der Waals surface area contributed by atoms with Gasteiger partial charge in [0.25, 0.3) is 0 Å². The molecule has 0 aromatic heterocycles. The zero-order chi connectivity index (χ0) is 15.5. The molecule has 1 aliphatic carbocycles. The Bertz CT molecular complexity index is 362. The van der Waals surface area contributed by atoms with E-state index >= 15 is 0 Å². The molecule has 1 amide bonds. The van der Waals surface area contributed by atoms with Gasteiger partial charge in [0.2, 0.25) is 5.91 Å². The van der Waals surface area contributed by atoms with Crippen LogP contribution in [0.1, 0.15) is 45.4 Å². The van der Waals surface area contributed by atoms with Crippen LogP contribution in [-0.2, 0) is 4.79 Å². The average Bonchev–Trinajstić information content (AvgIpc) is 2.68. The number of primary amides is 1. The quantitative estimate of drug-likeness (QED) is 0.805. The summed E-state index contributed by atoms with van der Waals surface area (Å²) >= 11 is 0. The third kappa shape index (κ3) is 3.58. The molecule has 5 heteroatoms. The maximum absolute atomic E-state index is 11.9. The van der Waals surface area contributed by atoms with E-state index in [0.29, 0.717) is 12.1 Å². The Kier molecular flexibility index (Phi) is 5.63. The lowest BCUT2D eigenvalue weighted by Crippen LogP contribution is -2.60. The lowest BCUT2D eigenvalue weighted by molar-refractivity contribution is -0.126. The summed E-state index contributed by atoms with van der Waals surface area (Å²) in [6.45, 7) is 5.73. The lowest BCUT2D eigenvalue weighted by atomic mass is 9.77. The Morgan fingerprint density at radius 1 is 1.38 bits per heavy atom. The first-order chi connectivity index (χ1) is 10.0. The number of carbonyl (C=O) groups is 1. The van der Waals surface area contributed by atoms with E-state index in [-0.39, 0.29) is 5.91 Å². The Morgan fingerprint density at radius 3 is 2.76 bits per heavy atom. The van der Waals surface area contributed by atoms with Gasteiger partial charge in [0, 0.05) is 18.6 Å². The number of rotatable bonds is 4. The molecule has 122 valence electrons. The van der Waals surface area contributed by atoms with Crippen LogP contribution in [-0.4, -0.2) is 67.1 Å². The molecule has 2 rings (SSSR count). The van der Waals surface area contributed by atoms with Crippen molar-refractivity contribution in [2.45, 2.75) is 63.1 Å². The monoisotopic (exact) mass is 296 g/mol. The molecule has 1 aliphatic heterocycles. The van der Waals surface area contributed by atoms with E-state index in [9.17, 15) is 4.79 Å². The highest BCUT2D eigenvalue weighted by Crippen LogP contribution is 2.33. The highest BCUT2D eigenvalue weighted by molar-refractivity contribution is 5.84. The van der Waals surface area contributed by atoms with Gasteiger partial charge in [0.05, 0.1) is 5.54 Å². The SMILES string of the molecule is CCC1CN(C)CCCN1C1CCCC(NC)(C(N)=O)C1. The molecule has 5 nitrogen and oxygen atoms in total. The summed E-state index contributed by atoms with van der Waals surface area (Å²) < 4.78 is 0. The van der Waals surface area contributed by atoms with E-state index in [1.165, 1.54) is 25.8 Å². The summed E-state index contributed by atoms with van der Waals surface area (Å²) in [7, 11) is 4.09. The van der Waals surface area contributed by atoms with Gasteiger partial charge in [-0.2, -0.15) is 0 Å². The van der Waals surface area contributed by atoms with Crippen molar-refractivity contribution < 1.29 is 4.79 Å². The standard InChI is InChI=1S/C16H32N4O/c1-4-13-12-19(3)9-6-10-20(13)14-7-5-8-16(11-14,18-2)15(17)21/h13-14,18H,4-12H2,1-3H3,(H2,17,21). The second-order valence-corrected chi connectivity index (χ2v) is 6.86. The molecule has 21 heavy (non-hydrogen) atoms. The first kappa shape index (κ1) is 16.7. The Labute approximate surface area is 129 Å². The topological polar surface area (TPSA) is 61.6 Å². The van der Waals surface area contributed by atoms with E-state index in [1.54, 1.807) is 0 Å². The number of nitrogens with zero attached hydrogens (tertiary/aromatic N) is 2. The smallest absolute Gasteiger partial charge is 0.237 e. The van der Waals surface area contributed by atoms with Crippen LogP contribution in [0.15, 0.2) is 0 Å². The molecule has 1 saturated carbocycles. The van der Waals surface area contributed by atoms with Crippen LogP contribution in [0.4, 0.5) is 0 Å². The Balaban J connectivity index is 2.13. The Morgan fingerprint density at radius 2 is 2.14 bits per heavy atom. The van der Waals surface area contributed by atoms with Crippen LogP contribution in [0.25, 0.3) is 0 Å². The highest BCUT2D eigenvalue weighted by atomic mass is 16.1. The van der Waals surface area contributed by atoms with E-state index in [4.69, 9.17) is 5.73 Å². The number of likely N-dealkylation sites (N-methyl/N-ethyl adjacent to an activating group) is 2. The third-order valence-electron chi connectivity index (χ3n) is 5.56. The minimum absolute atomic E-state index is 0.185. The zero-order valence-electron chi connectivity index (χ0n) is 13.9. The van der Waals surface area contributed by atoms with Crippen molar-refractivity contribution >= 4 is 5.91 Å². The van der Waals surface area contributed by atoms with Gasteiger partial charge in [0.1, 0.15) is 0 Å². The maximum Gasteiger partial charge on any atom is 0.237 e. The summed E-state index contributed by atoms with van der Waals surface area (Å²) in [5.41, 5.74) is 5.20. The summed E-state index contributed by atoms with van der Waals surface area (Å²) in [6, 6.07) is 1.08. The van der Waals surface area contributed by atoms with Gasteiger partial charge < -0.3 is 16.0 Å². The molecule has 3 atom stereocenters. The predicted octanol–water partition coefficient (Wildman–Crippen LogP) is 0.789. The second-order valence-electron chi connectivity index (χ2n) is 6.86. The molecule has 2 aliphatic rings. The molecular formula is C16H32N4O. The summed E-state index contributed by atoms with van der Waals surface area (Å²) in [5, 5.41) is 3.23. The summed E-state index contributed by atoms with van der Waals surface area (Å²) in [6.07, 6.45) is 6.39. The molecule has 0 bridgehead atoms. The van der Waals surface area contributed by atoms with E-state index in [1.807, 2.05) is 7.05 Å². The fourth-order valence-electron chi connectivity index (χ4n) is 4.21. The average molecular weight is 296 g/mol. The number of nitrogens with two attached hydrogens (primary N) is 1. The highest BCUT2D eigenvalue weighted by Gasteiger charge is 2.43. The molecule has 2 fully saturated rings. The van der Waals surface area contributed by atoms with Gasteiger partial charge in [-0.05, 0) is 65.7 Å². The fourth-order valence-corrected chi connectivity index (χ4v) is 4.21. The van der Waals surface area contributed by atoms with Gasteiger partial charge >= 0.3 is 0 Å². The van der Waals surface area contributed by atoms with Crippen molar-refractivity contribution in [2.75, 3.05) is 33.7 Å². The molecule has 1 saturated heterocycles. The molecule has 3 N–H and O–H groups in total. The van der Waals surface area contributed by atoms with E-state index in [0.717, 1.165) is 32.4 Å². The zero-order valence-corrected chi connectivity index (χ0v) is 13.9. The van der Waals surface area contributed by atoms with Gasteiger partial charge in [0.15, 0.2) is 0 Å². The molecule has 0 spiro atoms. The van der Waals surface area contributed by atoms with Crippen LogP contribution in [0.3, 0.4) is 0 Å². The van der Waals surface area contributed by atoms with Crippen LogP contribution < -0.4 is 11.1 Å². The largest absolute Gasteiger partial charge is 0.368 e. The molecule has 0 aromatic rings. The molecular weight excluding hydrogens is 264 g/mol. The van der Waals surface area contributed by atoms with Crippen molar-refractivity contribution in [1.29, 1.82) is 0 Å². The predicted molar refractivity (Wildman–Crippen MR) is 86.1 cm³/mol. The molecule has 3 unspecified atom stereocenters. The van der Waals surface area contributed by atoms with E-state index < -0.39 is 5.54 Å². The number of carbonyl (C=O) groups excluding carboxylic acids is 1. The van der Waals surface area contributed by atoms with Gasteiger partial charge in [-0.1, -0.05) is 6.92 Å². The van der Waals surface area contributed by atoms with Gasteiger partial charge in [-0.3, -0.25) is 9.69 Å². The minimum Gasteiger partial charge on any atom is -0.368 e. The number of hydrogen-bond donors (Lipinski definition) is 2. The summed E-state index contributed by atoms with van der Waals surface area (Å²) in [5.74, 6) is -0.185. The number of amides is 1. The van der Waals surface area contributed by atoms with Gasteiger partial charge in [-0.15, -0.1) is 0 Å². The van der Waals surface area contributed by atoms with Crippen molar-refractivity contribution in [3.63, 3.8) is 0 Å².